The van der Waals surface area contributed by atoms with Crippen molar-refractivity contribution in [2.75, 3.05) is 13.1 Å². The third kappa shape index (κ3) is 3.61. The van der Waals surface area contributed by atoms with E-state index >= 15 is 0 Å². The summed E-state index contributed by atoms with van der Waals surface area (Å²) in [5.74, 6) is -1.03. The summed E-state index contributed by atoms with van der Waals surface area (Å²) < 4.78 is 24.2. The number of nitrogens with zero attached hydrogens (tertiary/aromatic N) is 1. The zero-order valence-corrected chi connectivity index (χ0v) is 15.0. The van der Waals surface area contributed by atoms with Crippen molar-refractivity contribution >= 4 is 21.7 Å². The van der Waals surface area contributed by atoms with E-state index in [0.717, 1.165) is 0 Å². The molecular formula is C17H23NO5S. The van der Waals surface area contributed by atoms with E-state index in [1.165, 1.54) is 12.1 Å². The third-order valence-corrected chi connectivity index (χ3v) is 6.74. The topological polar surface area (TPSA) is 91.8 Å². The van der Waals surface area contributed by atoms with Crippen molar-refractivity contribution in [2.45, 2.75) is 43.8 Å². The maximum Gasteiger partial charge on any atom is 0.311 e. The summed E-state index contributed by atoms with van der Waals surface area (Å²) in [4.78, 5) is 25.4. The van der Waals surface area contributed by atoms with Gasteiger partial charge < -0.3 is 10.0 Å². The smallest absolute Gasteiger partial charge is 0.311 e. The van der Waals surface area contributed by atoms with Crippen LogP contribution in [0.3, 0.4) is 0 Å². The van der Waals surface area contributed by atoms with Crippen LogP contribution in [0.25, 0.3) is 0 Å². The van der Waals surface area contributed by atoms with Gasteiger partial charge in [0.05, 0.1) is 22.0 Å². The molecule has 0 saturated carbocycles. The van der Waals surface area contributed by atoms with E-state index in [0.29, 0.717) is 18.5 Å². The fraction of sp³-hybridized carbons (Fsp3) is 0.529. The van der Waals surface area contributed by atoms with E-state index in [9.17, 15) is 23.1 Å². The number of benzene rings is 1. The van der Waals surface area contributed by atoms with Crippen molar-refractivity contribution in [1.29, 1.82) is 0 Å². The molecule has 1 N–H and O–H groups in total. The van der Waals surface area contributed by atoms with Gasteiger partial charge in [-0.15, -0.1) is 0 Å². The molecule has 0 aliphatic carbocycles. The van der Waals surface area contributed by atoms with Gasteiger partial charge in [0.15, 0.2) is 9.84 Å². The molecule has 7 heteroatoms. The van der Waals surface area contributed by atoms with Crippen molar-refractivity contribution in [1.82, 2.24) is 4.90 Å². The average molecular weight is 353 g/mol. The molecule has 2 rings (SSSR count). The number of carboxylic acids is 1. The summed E-state index contributed by atoms with van der Waals surface area (Å²) >= 11 is 0. The average Bonchev–Trinajstić information content (AvgIpc) is 2.92. The highest BCUT2D eigenvalue weighted by atomic mass is 32.2. The van der Waals surface area contributed by atoms with Crippen LogP contribution in [0.5, 0.6) is 0 Å². The molecule has 6 nitrogen and oxygen atoms in total. The maximum absolute atomic E-state index is 12.3. The van der Waals surface area contributed by atoms with Crippen LogP contribution in [0.2, 0.25) is 0 Å². The number of aliphatic carboxylic acids is 1. The molecule has 24 heavy (non-hydrogen) atoms. The van der Waals surface area contributed by atoms with Crippen LogP contribution in [-0.2, 0) is 25.8 Å². The highest BCUT2D eigenvalue weighted by molar-refractivity contribution is 7.92. The quantitative estimate of drug-likeness (QED) is 0.870. The number of carboxylic acid groups (broad SMARTS) is 1. The Morgan fingerprint density at radius 2 is 1.83 bits per heavy atom. The van der Waals surface area contributed by atoms with Crippen LogP contribution in [0.4, 0.5) is 0 Å². The lowest BCUT2D eigenvalue weighted by atomic mass is 9.90. The first kappa shape index (κ1) is 18.4. The Labute approximate surface area is 142 Å². The van der Waals surface area contributed by atoms with Crippen molar-refractivity contribution in [3.05, 3.63) is 29.8 Å². The lowest BCUT2D eigenvalue weighted by molar-refractivity contribution is -0.147. The number of hydrogen-bond donors (Lipinski definition) is 1. The van der Waals surface area contributed by atoms with Gasteiger partial charge in [0.2, 0.25) is 5.91 Å². The summed E-state index contributed by atoms with van der Waals surface area (Å²) in [7, 11) is -3.32. The second-order valence-corrected chi connectivity index (χ2v) is 9.35. The number of hydrogen-bond acceptors (Lipinski definition) is 4. The number of carbonyl (C=O) groups excluding carboxylic acids is 1. The first-order chi connectivity index (χ1) is 11.1. The van der Waals surface area contributed by atoms with E-state index < -0.39 is 26.5 Å². The summed E-state index contributed by atoms with van der Waals surface area (Å²) in [6.07, 6.45) is 0.581. The highest BCUT2D eigenvalue weighted by Crippen LogP contribution is 2.30. The Morgan fingerprint density at radius 3 is 2.29 bits per heavy atom. The Balaban J connectivity index is 2.05. The molecule has 1 heterocycles. The summed E-state index contributed by atoms with van der Waals surface area (Å²) in [6, 6.07) is 6.31. The van der Waals surface area contributed by atoms with E-state index in [2.05, 4.69) is 0 Å². The highest BCUT2D eigenvalue weighted by Gasteiger charge is 2.41. The first-order valence-electron chi connectivity index (χ1n) is 7.90. The molecule has 0 radical (unpaired) electrons. The van der Waals surface area contributed by atoms with Crippen molar-refractivity contribution in [3.8, 4) is 0 Å². The maximum atomic E-state index is 12.3. The zero-order chi connectivity index (χ0) is 18.1. The summed E-state index contributed by atoms with van der Waals surface area (Å²) in [5, 5.41) is 8.72. The molecule has 1 fully saturated rings. The van der Waals surface area contributed by atoms with Crippen molar-refractivity contribution in [3.63, 3.8) is 0 Å². The van der Waals surface area contributed by atoms with Crippen LogP contribution < -0.4 is 0 Å². The fourth-order valence-corrected chi connectivity index (χ4v) is 3.76. The number of sulfone groups is 1. The van der Waals surface area contributed by atoms with E-state index in [-0.39, 0.29) is 23.8 Å². The molecule has 1 atom stereocenters. The van der Waals surface area contributed by atoms with Crippen LogP contribution in [0, 0.1) is 5.41 Å². The number of amides is 1. The predicted molar refractivity (Wildman–Crippen MR) is 89.4 cm³/mol. The number of rotatable bonds is 5. The van der Waals surface area contributed by atoms with Crippen LogP contribution in [0.15, 0.2) is 29.2 Å². The van der Waals surface area contributed by atoms with Gasteiger partial charge in [-0.1, -0.05) is 12.1 Å². The summed E-state index contributed by atoms with van der Waals surface area (Å²) in [5.41, 5.74) is -0.170. The largest absolute Gasteiger partial charge is 0.481 e. The second kappa shape index (κ2) is 6.55. The van der Waals surface area contributed by atoms with Gasteiger partial charge in [-0.3, -0.25) is 9.59 Å². The van der Waals surface area contributed by atoms with Gasteiger partial charge in [0.1, 0.15) is 0 Å². The van der Waals surface area contributed by atoms with E-state index in [1.54, 1.807) is 37.8 Å². The number of carbonyl (C=O) groups is 2. The molecule has 1 amide bonds. The first-order valence-corrected chi connectivity index (χ1v) is 9.45. The lowest BCUT2D eigenvalue weighted by Crippen LogP contribution is -2.35. The van der Waals surface area contributed by atoms with Crippen molar-refractivity contribution < 1.29 is 23.1 Å². The lowest BCUT2D eigenvalue weighted by Gasteiger charge is -2.20. The second-order valence-electron chi connectivity index (χ2n) is 6.85. The predicted octanol–water partition coefficient (Wildman–Crippen LogP) is 1.73. The molecular weight excluding hydrogens is 330 g/mol. The molecule has 1 aromatic carbocycles. The zero-order valence-electron chi connectivity index (χ0n) is 14.2. The minimum Gasteiger partial charge on any atom is -0.481 e. The Kier molecular flexibility index (Phi) is 5.03. The van der Waals surface area contributed by atoms with Crippen LogP contribution in [0.1, 0.15) is 32.8 Å². The van der Waals surface area contributed by atoms with E-state index in [4.69, 9.17) is 0 Å². The molecule has 1 aliphatic heterocycles. The van der Waals surface area contributed by atoms with E-state index in [1.807, 2.05) is 0 Å². The van der Waals surface area contributed by atoms with Crippen LogP contribution >= 0.6 is 0 Å². The molecule has 0 aromatic heterocycles. The molecule has 0 bridgehead atoms. The molecule has 1 saturated heterocycles. The normalized spacial score (nSPS) is 21.2. The Bertz CT molecular complexity index is 739. The fourth-order valence-electron chi connectivity index (χ4n) is 2.70. The minimum atomic E-state index is -3.32. The van der Waals surface area contributed by atoms with Gasteiger partial charge in [0.25, 0.3) is 0 Å². The molecule has 1 unspecified atom stereocenters. The number of likely N-dealkylation sites (tertiary alicyclic amines) is 1. The molecule has 1 aromatic rings. The van der Waals surface area contributed by atoms with Gasteiger partial charge in [-0.2, -0.15) is 0 Å². The Hall–Kier alpha value is -1.89. The molecule has 0 spiro atoms. The summed E-state index contributed by atoms with van der Waals surface area (Å²) in [6.45, 7) is 5.54. The van der Waals surface area contributed by atoms with Gasteiger partial charge in [0, 0.05) is 13.1 Å². The standard InChI is InChI=1S/C17H23NO5S/c1-12(2)24(22,23)14-6-4-13(5-7-14)10-15(19)18-9-8-17(3,11-18)16(20)21/h4-7,12H,8-11H2,1-3H3,(H,20,21). The minimum absolute atomic E-state index is 0.137. The monoisotopic (exact) mass is 353 g/mol. The molecule has 132 valence electrons. The van der Waals surface area contributed by atoms with Crippen molar-refractivity contribution in [2.24, 2.45) is 5.41 Å². The van der Waals surface area contributed by atoms with Gasteiger partial charge in [-0.25, -0.2) is 8.42 Å². The van der Waals surface area contributed by atoms with Crippen LogP contribution in [-0.4, -0.2) is 48.6 Å². The molecule has 1 aliphatic rings. The van der Waals surface area contributed by atoms with Gasteiger partial charge in [-0.05, 0) is 44.9 Å². The third-order valence-electron chi connectivity index (χ3n) is 4.57. The Morgan fingerprint density at radius 1 is 1.25 bits per heavy atom. The van der Waals surface area contributed by atoms with Gasteiger partial charge >= 0.3 is 5.97 Å². The SMILES string of the molecule is CC(C)S(=O)(=O)c1ccc(CC(=O)N2CCC(C)(C(=O)O)C2)cc1.